The van der Waals surface area contributed by atoms with Gasteiger partial charge in [-0.2, -0.15) is 0 Å². The highest BCUT2D eigenvalue weighted by atomic mass is 79.9. The first-order valence-corrected chi connectivity index (χ1v) is 6.80. The standard InChI is InChI=1S/C12H19BrN4/c1-8-7-17(3)5-4-10(8)16-12-6-11(13)14-9(2)15-12/h6,8,10H,4-5,7H2,1-3H3,(H,14,15,16). The second-order valence-electron chi connectivity index (χ2n) is 4.90. The Morgan fingerprint density at radius 3 is 2.88 bits per heavy atom. The zero-order valence-corrected chi connectivity index (χ0v) is 12.2. The van der Waals surface area contributed by atoms with Crippen LogP contribution in [0.1, 0.15) is 19.2 Å². The van der Waals surface area contributed by atoms with Crippen LogP contribution in [-0.2, 0) is 0 Å². The Hall–Kier alpha value is -0.680. The fourth-order valence-electron chi connectivity index (χ4n) is 2.36. The molecule has 0 aromatic carbocycles. The van der Waals surface area contributed by atoms with Gasteiger partial charge in [-0.25, -0.2) is 9.97 Å². The van der Waals surface area contributed by atoms with Crippen molar-refractivity contribution < 1.29 is 0 Å². The number of hydrogen-bond donors (Lipinski definition) is 1. The monoisotopic (exact) mass is 298 g/mol. The van der Waals surface area contributed by atoms with E-state index >= 15 is 0 Å². The molecule has 5 heteroatoms. The fourth-order valence-corrected chi connectivity index (χ4v) is 2.84. The van der Waals surface area contributed by atoms with Gasteiger partial charge in [0.1, 0.15) is 16.2 Å². The molecule has 0 saturated carbocycles. The molecule has 2 rings (SSSR count). The zero-order chi connectivity index (χ0) is 12.4. The third kappa shape index (κ3) is 3.39. The molecule has 17 heavy (non-hydrogen) atoms. The molecule has 1 aromatic rings. The SMILES string of the molecule is Cc1nc(Br)cc(NC2CCN(C)CC2C)n1. The van der Waals surface area contributed by atoms with Crippen molar-refractivity contribution in [2.24, 2.45) is 5.92 Å². The van der Waals surface area contributed by atoms with Crippen LogP contribution in [-0.4, -0.2) is 41.0 Å². The van der Waals surface area contributed by atoms with Crippen LogP contribution in [0.4, 0.5) is 5.82 Å². The summed E-state index contributed by atoms with van der Waals surface area (Å²) in [5, 5.41) is 3.53. The van der Waals surface area contributed by atoms with E-state index in [2.05, 4.69) is 50.1 Å². The molecule has 1 N–H and O–H groups in total. The van der Waals surface area contributed by atoms with E-state index in [1.165, 1.54) is 6.42 Å². The molecule has 0 aliphatic carbocycles. The van der Waals surface area contributed by atoms with E-state index in [0.717, 1.165) is 29.3 Å². The minimum absolute atomic E-state index is 0.507. The first kappa shape index (κ1) is 12.8. The first-order valence-electron chi connectivity index (χ1n) is 6.01. The van der Waals surface area contributed by atoms with Crippen molar-refractivity contribution in [2.75, 3.05) is 25.5 Å². The summed E-state index contributed by atoms with van der Waals surface area (Å²) in [4.78, 5) is 11.0. The summed E-state index contributed by atoms with van der Waals surface area (Å²) in [5.41, 5.74) is 0. The second-order valence-corrected chi connectivity index (χ2v) is 5.71. The molecule has 1 aliphatic heterocycles. The lowest BCUT2D eigenvalue weighted by Gasteiger charge is -2.35. The van der Waals surface area contributed by atoms with E-state index in [9.17, 15) is 0 Å². The van der Waals surface area contributed by atoms with Crippen LogP contribution in [0.2, 0.25) is 0 Å². The molecule has 0 amide bonds. The van der Waals surface area contributed by atoms with Gasteiger partial charge in [-0.15, -0.1) is 0 Å². The van der Waals surface area contributed by atoms with Crippen LogP contribution in [0, 0.1) is 12.8 Å². The van der Waals surface area contributed by atoms with Gasteiger partial charge in [0, 0.05) is 18.7 Å². The lowest BCUT2D eigenvalue weighted by atomic mass is 9.94. The summed E-state index contributed by atoms with van der Waals surface area (Å²) in [6.07, 6.45) is 1.17. The summed E-state index contributed by atoms with van der Waals surface area (Å²) in [7, 11) is 2.18. The van der Waals surface area contributed by atoms with Gasteiger partial charge < -0.3 is 10.2 Å². The number of nitrogens with one attached hydrogen (secondary N) is 1. The normalized spacial score (nSPS) is 25.9. The van der Waals surface area contributed by atoms with Gasteiger partial charge in [0.15, 0.2) is 0 Å². The van der Waals surface area contributed by atoms with Crippen molar-refractivity contribution >= 4 is 21.7 Å². The molecule has 2 atom stereocenters. The summed E-state index contributed by atoms with van der Waals surface area (Å²) < 4.78 is 0.841. The zero-order valence-electron chi connectivity index (χ0n) is 10.6. The number of piperidine rings is 1. The van der Waals surface area contributed by atoms with Gasteiger partial charge >= 0.3 is 0 Å². The maximum atomic E-state index is 4.42. The number of aromatic nitrogens is 2. The van der Waals surface area contributed by atoms with Crippen LogP contribution in [0.25, 0.3) is 0 Å². The van der Waals surface area contributed by atoms with Gasteiger partial charge in [0.25, 0.3) is 0 Å². The lowest BCUT2D eigenvalue weighted by molar-refractivity contribution is 0.206. The molecule has 1 aliphatic rings. The van der Waals surface area contributed by atoms with Crippen LogP contribution in [0.3, 0.4) is 0 Å². The van der Waals surface area contributed by atoms with Crippen molar-refractivity contribution in [3.05, 3.63) is 16.5 Å². The highest BCUT2D eigenvalue weighted by Gasteiger charge is 2.24. The number of hydrogen-bond acceptors (Lipinski definition) is 4. The third-order valence-electron chi connectivity index (χ3n) is 3.25. The average Bonchev–Trinajstić information content (AvgIpc) is 2.21. The number of aryl methyl sites for hydroxylation is 1. The minimum atomic E-state index is 0.507. The minimum Gasteiger partial charge on any atom is -0.367 e. The topological polar surface area (TPSA) is 41.1 Å². The highest BCUT2D eigenvalue weighted by molar-refractivity contribution is 9.10. The van der Waals surface area contributed by atoms with Crippen molar-refractivity contribution in [3.8, 4) is 0 Å². The number of anilines is 1. The largest absolute Gasteiger partial charge is 0.367 e. The van der Waals surface area contributed by atoms with Crippen molar-refractivity contribution in [2.45, 2.75) is 26.3 Å². The van der Waals surface area contributed by atoms with Gasteiger partial charge in [-0.05, 0) is 48.8 Å². The molecular formula is C12H19BrN4. The summed E-state index contributed by atoms with van der Waals surface area (Å²) in [5.74, 6) is 2.36. The Kier molecular flexibility index (Phi) is 3.99. The number of likely N-dealkylation sites (tertiary alicyclic amines) is 1. The van der Waals surface area contributed by atoms with Crippen molar-refractivity contribution in [3.63, 3.8) is 0 Å². The number of rotatable bonds is 2. The molecule has 2 heterocycles. The Labute approximate surface area is 111 Å². The van der Waals surface area contributed by atoms with Gasteiger partial charge in [0.2, 0.25) is 0 Å². The van der Waals surface area contributed by atoms with Crippen LogP contribution < -0.4 is 5.32 Å². The smallest absolute Gasteiger partial charge is 0.131 e. The van der Waals surface area contributed by atoms with E-state index in [0.29, 0.717) is 12.0 Å². The van der Waals surface area contributed by atoms with Gasteiger partial charge in [-0.1, -0.05) is 6.92 Å². The molecule has 94 valence electrons. The average molecular weight is 299 g/mol. The van der Waals surface area contributed by atoms with E-state index < -0.39 is 0 Å². The Bertz CT molecular complexity index is 376. The molecule has 0 radical (unpaired) electrons. The number of halogens is 1. The van der Waals surface area contributed by atoms with Crippen LogP contribution in [0.15, 0.2) is 10.7 Å². The van der Waals surface area contributed by atoms with Crippen LogP contribution >= 0.6 is 15.9 Å². The van der Waals surface area contributed by atoms with E-state index in [-0.39, 0.29) is 0 Å². The van der Waals surface area contributed by atoms with Gasteiger partial charge in [0.05, 0.1) is 0 Å². The lowest BCUT2D eigenvalue weighted by Crippen LogP contribution is -2.43. The molecule has 0 spiro atoms. The summed E-state index contributed by atoms with van der Waals surface area (Å²) >= 11 is 3.40. The highest BCUT2D eigenvalue weighted by Crippen LogP contribution is 2.20. The molecule has 1 fully saturated rings. The number of nitrogens with zero attached hydrogens (tertiary/aromatic N) is 3. The molecule has 1 saturated heterocycles. The van der Waals surface area contributed by atoms with E-state index in [1.54, 1.807) is 0 Å². The molecule has 0 bridgehead atoms. The molecular weight excluding hydrogens is 280 g/mol. The van der Waals surface area contributed by atoms with E-state index in [4.69, 9.17) is 0 Å². The first-order chi connectivity index (χ1) is 8.04. The molecule has 4 nitrogen and oxygen atoms in total. The van der Waals surface area contributed by atoms with Crippen molar-refractivity contribution in [1.29, 1.82) is 0 Å². The molecule has 1 aromatic heterocycles. The third-order valence-corrected chi connectivity index (χ3v) is 3.65. The second kappa shape index (κ2) is 5.31. The maximum Gasteiger partial charge on any atom is 0.131 e. The Morgan fingerprint density at radius 1 is 1.47 bits per heavy atom. The quantitative estimate of drug-likeness (QED) is 0.851. The van der Waals surface area contributed by atoms with Crippen LogP contribution in [0.5, 0.6) is 0 Å². The predicted octanol–water partition coefficient (Wildman–Crippen LogP) is 2.30. The summed E-state index contributed by atoms with van der Waals surface area (Å²) in [6, 6.07) is 2.45. The Morgan fingerprint density at radius 2 is 2.24 bits per heavy atom. The van der Waals surface area contributed by atoms with E-state index in [1.807, 2.05) is 13.0 Å². The molecule has 2 unspecified atom stereocenters. The fraction of sp³-hybridized carbons (Fsp3) is 0.667. The Balaban J connectivity index is 2.05. The van der Waals surface area contributed by atoms with Gasteiger partial charge in [-0.3, -0.25) is 0 Å². The predicted molar refractivity (Wildman–Crippen MR) is 73.2 cm³/mol. The van der Waals surface area contributed by atoms with Crippen molar-refractivity contribution in [1.82, 2.24) is 14.9 Å². The summed E-state index contributed by atoms with van der Waals surface area (Å²) in [6.45, 7) is 6.49. The maximum absolute atomic E-state index is 4.42.